The number of rotatable bonds is 8. The van der Waals surface area contributed by atoms with Crippen LogP contribution in [0.3, 0.4) is 0 Å². The predicted octanol–water partition coefficient (Wildman–Crippen LogP) is 5.03. The van der Waals surface area contributed by atoms with Crippen molar-refractivity contribution in [1.82, 2.24) is 14.9 Å². The molecule has 2 aromatic carbocycles. The first-order valence-corrected chi connectivity index (χ1v) is 11.2. The van der Waals surface area contributed by atoms with Crippen LogP contribution in [0.15, 0.2) is 85.2 Å². The Kier molecular flexibility index (Phi) is 7.54. The summed E-state index contributed by atoms with van der Waals surface area (Å²) in [5.74, 6) is -0.208. The number of nitrogens with one attached hydrogen (secondary N) is 3. The van der Waals surface area contributed by atoms with Crippen molar-refractivity contribution in [3.05, 3.63) is 90.8 Å². The van der Waals surface area contributed by atoms with Gasteiger partial charge in [0, 0.05) is 41.0 Å². The Morgan fingerprint density at radius 2 is 1.80 bits per heavy atom. The van der Waals surface area contributed by atoms with Gasteiger partial charge in [-0.3, -0.25) is 10.1 Å². The number of likely N-dealkylation sites (N-methyl/N-ethyl adjacent to an activating group) is 1. The minimum atomic E-state index is -0.565. The van der Waals surface area contributed by atoms with Gasteiger partial charge in [-0.15, -0.1) is 0 Å². The number of carbonyl (C=O) groups is 2. The fraction of sp³-hybridized carbons (Fsp3) is 0.148. The minimum absolute atomic E-state index is 0.174. The van der Waals surface area contributed by atoms with Crippen LogP contribution in [0, 0.1) is 0 Å². The maximum Gasteiger partial charge on any atom is 0.412 e. The summed E-state index contributed by atoms with van der Waals surface area (Å²) in [5, 5.41) is 6.48. The maximum atomic E-state index is 12.4. The van der Waals surface area contributed by atoms with E-state index >= 15 is 0 Å². The molecule has 0 fully saturated rings. The van der Waals surface area contributed by atoms with Crippen molar-refractivity contribution in [3.63, 3.8) is 0 Å². The molecule has 0 spiro atoms. The zero-order valence-electron chi connectivity index (χ0n) is 19.6. The van der Waals surface area contributed by atoms with Gasteiger partial charge in [0.15, 0.2) is 0 Å². The van der Waals surface area contributed by atoms with Gasteiger partial charge in [0.1, 0.15) is 12.3 Å². The van der Waals surface area contributed by atoms with E-state index in [0.717, 1.165) is 22.1 Å². The lowest BCUT2D eigenvalue weighted by atomic mass is 10.0. The lowest BCUT2D eigenvalue weighted by Gasteiger charge is -2.10. The van der Waals surface area contributed by atoms with E-state index in [2.05, 4.69) is 20.6 Å². The van der Waals surface area contributed by atoms with E-state index in [1.165, 1.54) is 6.08 Å². The molecule has 2 amide bonds. The number of aromatic amines is 1. The molecule has 0 aliphatic heterocycles. The Labute approximate surface area is 203 Å². The van der Waals surface area contributed by atoms with Crippen LogP contribution in [0.5, 0.6) is 0 Å². The SMILES string of the molecule is CN(C)CC=CC(=O)Nc1ccccc1-c1c[nH]c2ncc(NC(=O)OCc3ccccc3)cc12. The van der Waals surface area contributed by atoms with Crippen LogP contribution in [0.4, 0.5) is 16.2 Å². The Balaban J connectivity index is 1.51. The highest BCUT2D eigenvalue weighted by atomic mass is 16.5. The Bertz CT molecular complexity index is 1350. The molecule has 0 unspecified atom stereocenters. The molecule has 2 aromatic heterocycles. The van der Waals surface area contributed by atoms with Crippen molar-refractivity contribution in [2.24, 2.45) is 0 Å². The number of nitrogens with zero attached hydrogens (tertiary/aromatic N) is 2. The molecule has 3 N–H and O–H groups in total. The van der Waals surface area contributed by atoms with Gasteiger partial charge < -0.3 is 19.9 Å². The number of pyridine rings is 1. The first-order valence-electron chi connectivity index (χ1n) is 11.2. The second kappa shape index (κ2) is 11.1. The third kappa shape index (κ3) is 6.33. The van der Waals surface area contributed by atoms with Crippen LogP contribution in [0.1, 0.15) is 5.56 Å². The van der Waals surface area contributed by atoms with E-state index in [1.54, 1.807) is 6.20 Å². The van der Waals surface area contributed by atoms with E-state index in [1.807, 2.05) is 91.9 Å². The highest BCUT2D eigenvalue weighted by Gasteiger charge is 2.14. The van der Waals surface area contributed by atoms with E-state index < -0.39 is 6.09 Å². The minimum Gasteiger partial charge on any atom is -0.444 e. The van der Waals surface area contributed by atoms with Crippen LogP contribution < -0.4 is 10.6 Å². The average Bonchev–Trinajstić information content (AvgIpc) is 3.26. The smallest absolute Gasteiger partial charge is 0.412 e. The van der Waals surface area contributed by atoms with E-state index in [9.17, 15) is 9.59 Å². The molecule has 2 heterocycles. The monoisotopic (exact) mass is 469 g/mol. The van der Waals surface area contributed by atoms with Gasteiger partial charge in [-0.05, 0) is 31.8 Å². The fourth-order valence-corrected chi connectivity index (χ4v) is 3.54. The van der Waals surface area contributed by atoms with E-state index in [4.69, 9.17) is 4.74 Å². The van der Waals surface area contributed by atoms with Crippen molar-refractivity contribution in [3.8, 4) is 11.1 Å². The highest BCUT2D eigenvalue weighted by molar-refractivity contribution is 6.05. The molecule has 8 nitrogen and oxygen atoms in total. The van der Waals surface area contributed by atoms with Gasteiger partial charge in [0.05, 0.1) is 11.9 Å². The molecule has 0 aliphatic rings. The Morgan fingerprint density at radius 3 is 2.60 bits per heavy atom. The number of hydrogen-bond donors (Lipinski definition) is 3. The summed E-state index contributed by atoms with van der Waals surface area (Å²) in [6.07, 6.45) is 6.17. The molecule has 35 heavy (non-hydrogen) atoms. The van der Waals surface area contributed by atoms with Gasteiger partial charge in [-0.25, -0.2) is 9.78 Å². The zero-order valence-corrected chi connectivity index (χ0v) is 19.6. The number of benzene rings is 2. The number of carbonyl (C=O) groups excluding carboxylic acids is 2. The predicted molar refractivity (Wildman–Crippen MR) is 138 cm³/mol. The van der Waals surface area contributed by atoms with Crippen molar-refractivity contribution in [1.29, 1.82) is 0 Å². The summed E-state index contributed by atoms with van der Waals surface area (Å²) >= 11 is 0. The van der Waals surface area contributed by atoms with E-state index in [-0.39, 0.29) is 12.5 Å². The fourth-order valence-electron chi connectivity index (χ4n) is 3.54. The molecule has 178 valence electrons. The number of anilines is 2. The van der Waals surface area contributed by atoms with Gasteiger partial charge in [0.25, 0.3) is 0 Å². The van der Waals surface area contributed by atoms with Crippen molar-refractivity contribution >= 4 is 34.4 Å². The van der Waals surface area contributed by atoms with Crippen LogP contribution in [-0.4, -0.2) is 47.5 Å². The molecule has 4 rings (SSSR count). The molecule has 0 radical (unpaired) electrons. The molecule has 0 aliphatic carbocycles. The number of H-pyrrole nitrogens is 1. The zero-order chi connectivity index (χ0) is 24.6. The summed E-state index contributed by atoms with van der Waals surface area (Å²) < 4.78 is 5.31. The van der Waals surface area contributed by atoms with Gasteiger partial charge in [-0.2, -0.15) is 0 Å². The highest BCUT2D eigenvalue weighted by Crippen LogP contribution is 2.34. The Hall–Kier alpha value is -4.43. The molecule has 0 bridgehead atoms. The molecule has 8 heteroatoms. The molecule has 0 atom stereocenters. The van der Waals surface area contributed by atoms with Crippen molar-refractivity contribution in [2.75, 3.05) is 31.3 Å². The molecule has 0 saturated heterocycles. The quantitative estimate of drug-likeness (QED) is 0.314. The lowest BCUT2D eigenvalue weighted by molar-refractivity contribution is -0.111. The lowest BCUT2D eigenvalue weighted by Crippen LogP contribution is -2.13. The molecule has 0 saturated carbocycles. The first-order chi connectivity index (χ1) is 17.0. The molecular weight excluding hydrogens is 442 g/mol. The topological polar surface area (TPSA) is 99.4 Å². The average molecular weight is 470 g/mol. The van der Waals surface area contributed by atoms with Crippen molar-refractivity contribution in [2.45, 2.75) is 6.61 Å². The third-order valence-corrected chi connectivity index (χ3v) is 5.21. The van der Waals surface area contributed by atoms with E-state index in [0.29, 0.717) is 23.6 Å². The summed E-state index contributed by atoms with van der Waals surface area (Å²) in [6, 6.07) is 18.8. The number of fused-ring (bicyclic) bond motifs is 1. The summed E-state index contributed by atoms with van der Waals surface area (Å²) in [7, 11) is 3.88. The number of hydrogen-bond acceptors (Lipinski definition) is 5. The first kappa shape index (κ1) is 23.7. The molecule has 4 aromatic rings. The number of para-hydroxylation sites is 1. The van der Waals surface area contributed by atoms with Crippen LogP contribution in [-0.2, 0) is 16.1 Å². The number of amides is 2. The van der Waals surface area contributed by atoms with Gasteiger partial charge >= 0.3 is 6.09 Å². The summed E-state index contributed by atoms with van der Waals surface area (Å²) in [5.41, 5.74) is 4.42. The molecular formula is C27H27N5O3. The van der Waals surface area contributed by atoms with Crippen LogP contribution in [0.2, 0.25) is 0 Å². The second-order valence-electron chi connectivity index (χ2n) is 8.21. The van der Waals surface area contributed by atoms with Crippen LogP contribution >= 0.6 is 0 Å². The second-order valence-corrected chi connectivity index (χ2v) is 8.21. The number of ether oxygens (including phenoxy) is 1. The van der Waals surface area contributed by atoms with Gasteiger partial charge in [0.2, 0.25) is 5.91 Å². The Morgan fingerprint density at radius 1 is 1.03 bits per heavy atom. The standard InChI is InChI=1S/C27H27N5O3/c1-32(2)14-8-13-25(33)31-24-12-7-6-11-21(24)23-17-29-26-22(23)15-20(16-28-26)30-27(34)35-18-19-9-4-3-5-10-19/h3-13,15-17H,14,18H2,1-2H3,(H,28,29)(H,30,34)(H,31,33). The van der Waals surface area contributed by atoms with Gasteiger partial charge in [-0.1, -0.05) is 54.6 Å². The normalized spacial score (nSPS) is 11.2. The number of aromatic nitrogens is 2. The van der Waals surface area contributed by atoms with Crippen LogP contribution in [0.25, 0.3) is 22.2 Å². The van der Waals surface area contributed by atoms with Crippen molar-refractivity contribution < 1.29 is 14.3 Å². The summed E-state index contributed by atoms with van der Waals surface area (Å²) in [6.45, 7) is 0.848. The summed E-state index contributed by atoms with van der Waals surface area (Å²) in [4.78, 5) is 34.3. The third-order valence-electron chi connectivity index (χ3n) is 5.21. The largest absolute Gasteiger partial charge is 0.444 e. The maximum absolute atomic E-state index is 12.4.